The van der Waals surface area contributed by atoms with E-state index in [1.54, 1.807) is 0 Å². The number of hydrogen-bond acceptors (Lipinski definition) is 1. The van der Waals surface area contributed by atoms with E-state index in [0.29, 0.717) is 0 Å². The molecule has 0 fully saturated rings. The lowest BCUT2D eigenvalue weighted by Gasteiger charge is -2.07. The summed E-state index contributed by atoms with van der Waals surface area (Å²) in [7, 11) is 0. The van der Waals surface area contributed by atoms with Gasteiger partial charge in [0, 0.05) is 27.2 Å². The summed E-state index contributed by atoms with van der Waals surface area (Å²) in [6.45, 7) is 2.11. The lowest BCUT2D eigenvalue weighted by Crippen LogP contribution is -1.92. The molecule has 4 aromatic carbocycles. The van der Waals surface area contributed by atoms with Crippen LogP contribution in [0.15, 0.2) is 89.3 Å². The molecule has 2 aromatic heterocycles. The highest BCUT2D eigenvalue weighted by atomic mass is 16.3. The molecular formula is C25H17NO. The second kappa shape index (κ2) is 5.24. The van der Waals surface area contributed by atoms with Gasteiger partial charge in [0.05, 0.1) is 11.0 Å². The van der Waals surface area contributed by atoms with Crippen molar-refractivity contribution in [1.29, 1.82) is 0 Å². The van der Waals surface area contributed by atoms with Gasteiger partial charge in [0.15, 0.2) is 0 Å². The molecule has 27 heavy (non-hydrogen) atoms. The molecule has 0 amide bonds. The van der Waals surface area contributed by atoms with Crippen molar-refractivity contribution in [3.05, 3.63) is 90.5 Å². The minimum Gasteiger partial charge on any atom is -0.456 e. The highest BCUT2D eigenvalue weighted by molar-refractivity contribution is 6.27. The number of fused-ring (bicyclic) bond motifs is 7. The number of furan rings is 1. The largest absolute Gasteiger partial charge is 0.456 e. The average molecular weight is 347 g/mol. The van der Waals surface area contributed by atoms with Crippen molar-refractivity contribution in [2.24, 2.45) is 0 Å². The standard InChI is InChI=1S/C25H17NO/c1-16-8-7-12-19-24-22(27-25(16)19)15-14-21-23(24)18-11-5-6-13-20(18)26(21)17-9-3-2-4-10-17/h2-15H,1H3. The van der Waals surface area contributed by atoms with Gasteiger partial charge in [0.25, 0.3) is 0 Å². The van der Waals surface area contributed by atoms with Crippen LogP contribution in [0.2, 0.25) is 0 Å². The summed E-state index contributed by atoms with van der Waals surface area (Å²) < 4.78 is 8.59. The fourth-order valence-corrected chi connectivity index (χ4v) is 4.34. The molecule has 6 rings (SSSR count). The van der Waals surface area contributed by atoms with Crippen LogP contribution in [0.25, 0.3) is 49.4 Å². The van der Waals surface area contributed by atoms with Crippen LogP contribution in [0.1, 0.15) is 5.56 Å². The maximum atomic E-state index is 6.25. The van der Waals surface area contributed by atoms with Crippen molar-refractivity contribution in [1.82, 2.24) is 4.57 Å². The summed E-state index contributed by atoms with van der Waals surface area (Å²) in [5.41, 5.74) is 6.70. The molecule has 2 heteroatoms. The van der Waals surface area contributed by atoms with Crippen LogP contribution in [-0.4, -0.2) is 4.57 Å². The zero-order valence-corrected chi connectivity index (χ0v) is 14.9. The number of aryl methyl sites for hydroxylation is 1. The van der Waals surface area contributed by atoms with E-state index in [2.05, 4.69) is 96.4 Å². The Bertz CT molecular complexity index is 1470. The van der Waals surface area contributed by atoms with Gasteiger partial charge < -0.3 is 8.98 Å². The number of hydrogen-bond donors (Lipinski definition) is 0. The van der Waals surface area contributed by atoms with E-state index in [0.717, 1.165) is 11.2 Å². The van der Waals surface area contributed by atoms with E-state index < -0.39 is 0 Å². The number of rotatable bonds is 1. The third-order valence-electron chi connectivity index (χ3n) is 5.51. The Morgan fingerprint density at radius 2 is 1.41 bits per heavy atom. The van der Waals surface area contributed by atoms with E-state index in [-0.39, 0.29) is 0 Å². The van der Waals surface area contributed by atoms with Crippen LogP contribution in [0.4, 0.5) is 0 Å². The van der Waals surface area contributed by atoms with Gasteiger partial charge in [-0.15, -0.1) is 0 Å². The second-order valence-electron chi connectivity index (χ2n) is 7.07. The van der Waals surface area contributed by atoms with Crippen LogP contribution >= 0.6 is 0 Å². The van der Waals surface area contributed by atoms with Crippen molar-refractivity contribution in [2.45, 2.75) is 6.92 Å². The van der Waals surface area contributed by atoms with E-state index in [4.69, 9.17) is 4.42 Å². The summed E-state index contributed by atoms with van der Waals surface area (Å²) in [5, 5.41) is 4.91. The van der Waals surface area contributed by atoms with Crippen LogP contribution < -0.4 is 0 Å². The summed E-state index contributed by atoms with van der Waals surface area (Å²) in [4.78, 5) is 0. The van der Waals surface area contributed by atoms with Gasteiger partial charge in [-0.25, -0.2) is 0 Å². The molecule has 0 aliphatic rings. The Morgan fingerprint density at radius 3 is 2.30 bits per heavy atom. The van der Waals surface area contributed by atoms with Crippen LogP contribution in [-0.2, 0) is 0 Å². The lowest BCUT2D eigenvalue weighted by atomic mass is 10.0. The first kappa shape index (κ1) is 14.6. The minimum atomic E-state index is 0.947. The average Bonchev–Trinajstić information content (AvgIpc) is 3.25. The Hall–Kier alpha value is -3.52. The molecule has 0 aliphatic heterocycles. The Labute approximate surface area is 156 Å². The molecule has 6 aromatic rings. The van der Waals surface area contributed by atoms with Crippen molar-refractivity contribution in [3.8, 4) is 5.69 Å². The van der Waals surface area contributed by atoms with Crippen molar-refractivity contribution < 1.29 is 4.42 Å². The van der Waals surface area contributed by atoms with Crippen LogP contribution in [0.5, 0.6) is 0 Å². The molecule has 0 spiro atoms. The fraction of sp³-hybridized carbons (Fsp3) is 0.0400. The van der Waals surface area contributed by atoms with Crippen LogP contribution in [0.3, 0.4) is 0 Å². The normalized spacial score (nSPS) is 11.9. The van der Waals surface area contributed by atoms with E-state index >= 15 is 0 Å². The number of nitrogens with zero attached hydrogens (tertiary/aromatic N) is 1. The number of aromatic nitrogens is 1. The summed E-state index contributed by atoms with van der Waals surface area (Å²) in [5.74, 6) is 0. The number of para-hydroxylation sites is 3. The molecule has 128 valence electrons. The molecular weight excluding hydrogens is 330 g/mol. The van der Waals surface area contributed by atoms with E-state index in [1.165, 1.54) is 43.8 Å². The summed E-state index contributed by atoms with van der Waals surface area (Å²) >= 11 is 0. The Balaban J connectivity index is 1.92. The molecule has 2 heterocycles. The highest BCUT2D eigenvalue weighted by Crippen LogP contribution is 2.41. The molecule has 0 saturated heterocycles. The fourth-order valence-electron chi connectivity index (χ4n) is 4.34. The van der Waals surface area contributed by atoms with Gasteiger partial charge in [-0.2, -0.15) is 0 Å². The van der Waals surface area contributed by atoms with E-state index in [9.17, 15) is 0 Å². The smallest absolute Gasteiger partial charge is 0.138 e. The minimum absolute atomic E-state index is 0.947. The molecule has 0 unspecified atom stereocenters. The highest BCUT2D eigenvalue weighted by Gasteiger charge is 2.18. The molecule has 0 aliphatic carbocycles. The lowest BCUT2D eigenvalue weighted by molar-refractivity contribution is 0.666. The molecule has 0 atom stereocenters. The molecule has 2 nitrogen and oxygen atoms in total. The van der Waals surface area contributed by atoms with Crippen LogP contribution in [0, 0.1) is 6.92 Å². The predicted octanol–water partition coefficient (Wildman–Crippen LogP) is 6.99. The van der Waals surface area contributed by atoms with Gasteiger partial charge in [0.2, 0.25) is 0 Å². The maximum absolute atomic E-state index is 6.25. The quantitative estimate of drug-likeness (QED) is 0.313. The first-order valence-electron chi connectivity index (χ1n) is 9.22. The van der Waals surface area contributed by atoms with Gasteiger partial charge >= 0.3 is 0 Å². The monoisotopic (exact) mass is 347 g/mol. The van der Waals surface area contributed by atoms with Gasteiger partial charge in [0.1, 0.15) is 11.2 Å². The van der Waals surface area contributed by atoms with Crippen molar-refractivity contribution in [2.75, 3.05) is 0 Å². The molecule has 0 radical (unpaired) electrons. The van der Waals surface area contributed by atoms with Gasteiger partial charge in [-0.05, 0) is 42.8 Å². The summed E-state index contributed by atoms with van der Waals surface area (Å²) in [6.07, 6.45) is 0. The third-order valence-corrected chi connectivity index (χ3v) is 5.51. The van der Waals surface area contributed by atoms with Crippen molar-refractivity contribution in [3.63, 3.8) is 0 Å². The first-order valence-corrected chi connectivity index (χ1v) is 9.22. The Morgan fingerprint density at radius 1 is 0.630 bits per heavy atom. The first-order chi connectivity index (χ1) is 13.3. The third kappa shape index (κ3) is 1.90. The van der Waals surface area contributed by atoms with Crippen molar-refractivity contribution >= 4 is 43.7 Å². The Kier molecular flexibility index (Phi) is 2.84. The SMILES string of the molecule is Cc1cccc2c1oc1ccc3c(c4ccccc4n3-c3ccccc3)c12. The number of benzene rings is 4. The molecule has 0 bridgehead atoms. The molecule has 0 N–H and O–H groups in total. The van der Waals surface area contributed by atoms with Gasteiger partial charge in [-0.1, -0.05) is 54.6 Å². The van der Waals surface area contributed by atoms with Gasteiger partial charge in [-0.3, -0.25) is 0 Å². The summed E-state index contributed by atoms with van der Waals surface area (Å²) in [6, 6.07) is 29.9. The van der Waals surface area contributed by atoms with E-state index in [1.807, 2.05) is 0 Å². The zero-order valence-electron chi connectivity index (χ0n) is 14.9. The second-order valence-corrected chi connectivity index (χ2v) is 7.07. The topological polar surface area (TPSA) is 18.1 Å². The maximum Gasteiger partial charge on any atom is 0.138 e. The zero-order chi connectivity index (χ0) is 18.0. The molecule has 0 saturated carbocycles. The predicted molar refractivity (Wildman–Crippen MR) is 113 cm³/mol.